The zero-order chi connectivity index (χ0) is 16.9. The minimum absolute atomic E-state index is 0.124. The SMILES string of the molecule is CC(C)(C)NC(=O)CN1CCCN(Cc2ccc(Br)cc2)CC1. The van der Waals surface area contributed by atoms with Crippen molar-refractivity contribution >= 4 is 21.8 Å². The van der Waals surface area contributed by atoms with E-state index in [0.717, 1.165) is 43.6 Å². The van der Waals surface area contributed by atoms with Crippen molar-refractivity contribution in [3.63, 3.8) is 0 Å². The van der Waals surface area contributed by atoms with E-state index in [9.17, 15) is 4.79 Å². The Kier molecular flexibility index (Phi) is 6.62. The Labute approximate surface area is 148 Å². The first kappa shape index (κ1) is 18.4. The smallest absolute Gasteiger partial charge is 0.234 e. The number of carbonyl (C=O) groups is 1. The minimum Gasteiger partial charge on any atom is -0.350 e. The summed E-state index contributed by atoms with van der Waals surface area (Å²) in [5, 5.41) is 3.04. The van der Waals surface area contributed by atoms with E-state index in [2.05, 4.69) is 55.3 Å². The predicted molar refractivity (Wildman–Crippen MR) is 98.4 cm³/mol. The Hall–Kier alpha value is -0.910. The number of carbonyl (C=O) groups excluding carboxylic acids is 1. The van der Waals surface area contributed by atoms with Crippen LogP contribution >= 0.6 is 15.9 Å². The van der Waals surface area contributed by atoms with Crippen molar-refractivity contribution in [2.45, 2.75) is 39.3 Å². The highest BCUT2D eigenvalue weighted by atomic mass is 79.9. The first-order chi connectivity index (χ1) is 10.8. The van der Waals surface area contributed by atoms with Gasteiger partial charge in [-0.2, -0.15) is 0 Å². The van der Waals surface area contributed by atoms with Gasteiger partial charge in [0.1, 0.15) is 0 Å². The lowest BCUT2D eigenvalue weighted by molar-refractivity contribution is -0.123. The molecule has 1 saturated heterocycles. The summed E-state index contributed by atoms with van der Waals surface area (Å²) in [6.07, 6.45) is 1.11. The topological polar surface area (TPSA) is 35.6 Å². The average Bonchev–Trinajstić information content (AvgIpc) is 2.65. The fourth-order valence-electron chi connectivity index (χ4n) is 2.85. The fraction of sp³-hybridized carbons (Fsp3) is 0.611. The molecule has 5 heteroatoms. The van der Waals surface area contributed by atoms with Crippen molar-refractivity contribution in [3.05, 3.63) is 34.3 Å². The van der Waals surface area contributed by atoms with Crippen LogP contribution in [0.1, 0.15) is 32.8 Å². The van der Waals surface area contributed by atoms with E-state index in [-0.39, 0.29) is 11.4 Å². The molecule has 1 N–H and O–H groups in total. The second-order valence-electron chi connectivity index (χ2n) is 7.33. The molecular weight excluding hydrogens is 354 g/mol. The van der Waals surface area contributed by atoms with Crippen LogP contribution < -0.4 is 5.32 Å². The van der Waals surface area contributed by atoms with Crippen molar-refractivity contribution in [1.82, 2.24) is 15.1 Å². The quantitative estimate of drug-likeness (QED) is 0.870. The van der Waals surface area contributed by atoms with E-state index in [4.69, 9.17) is 0 Å². The van der Waals surface area contributed by atoms with Crippen molar-refractivity contribution in [2.75, 3.05) is 32.7 Å². The Morgan fingerprint density at radius 2 is 1.70 bits per heavy atom. The zero-order valence-electron chi connectivity index (χ0n) is 14.4. The van der Waals surface area contributed by atoms with Gasteiger partial charge in [0.25, 0.3) is 0 Å². The van der Waals surface area contributed by atoms with E-state index in [1.54, 1.807) is 0 Å². The maximum absolute atomic E-state index is 12.1. The third-order valence-corrected chi connectivity index (χ3v) is 4.41. The molecule has 1 aliphatic rings. The molecule has 1 fully saturated rings. The fourth-order valence-corrected chi connectivity index (χ4v) is 3.11. The number of nitrogens with one attached hydrogen (secondary N) is 1. The Bertz CT molecular complexity index is 510. The lowest BCUT2D eigenvalue weighted by atomic mass is 10.1. The summed E-state index contributed by atoms with van der Waals surface area (Å²) in [5.41, 5.74) is 1.18. The van der Waals surface area contributed by atoms with Gasteiger partial charge in [0.2, 0.25) is 5.91 Å². The van der Waals surface area contributed by atoms with Gasteiger partial charge in [0.15, 0.2) is 0 Å². The number of benzene rings is 1. The molecule has 0 unspecified atom stereocenters. The summed E-state index contributed by atoms with van der Waals surface area (Å²) in [5.74, 6) is 0.124. The number of rotatable bonds is 4. The van der Waals surface area contributed by atoms with Crippen LogP contribution in [0.2, 0.25) is 0 Å². The zero-order valence-corrected chi connectivity index (χ0v) is 16.0. The maximum atomic E-state index is 12.1. The van der Waals surface area contributed by atoms with Crippen LogP contribution in [0, 0.1) is 0 Å². The lowest BCUT2D eigenvalue weighted by Crippen LogP contribution is -2.46. The number of amides is 1. The lowest BCUT2D eigenvalue weighted by Gasteiger charge is -2.25. The molecule has 1 amide bonds. The van der Waals surface area contributed by atoms with Crippen molar-refractivity contribution in [1.29, 1.82) is 0 Å². The van der Waals surface area contributed by atoms with Crippen LogP contribution in [0.25, 0.3) is 0 Å². The van der Waals surface area contributed by atoms with Gasteiger partial charge in [-0.1, -0.05) is 28.1 Å². The predicted octanol–water partition coefficient (Wildman–Crippen LogP) is 2.87. The van der Waals surface area contributed by atoms with Crippen LogP contribution in [0.15, 0.2) is 28.7 Å². The molecule has 1 aliphatic heterocycles. The highest BCUT2D eigenvalue weighted by Gasteiger charge is 2.19. The largest absolute Gasteiger partial charge is 0.350 e. The van der Waals surface area contributed by atoms with Gasteiger partial charge in [0.05, 0.1) is 6.54 Å². The molecule has 1 heterocycles. The van der Waals surface area contributed by atoms with Gasteiger partial charge >= 0.3 is 0 Å². The van der Waals surface area contributed by atoms with Crippen LogP contribution in [-0.4, -0.2) is 54.0 Å². The van der Waals surface area contributed by atoms with E-state index in [0.29, 0.717) is 6.54 Å². The van der Waals surface area contributed by atoms with Crippen LogP contribution in [0.4, 0.5) is 0 Å². The monoisotopic (exact) mass is 381 g/mol. The second-order valence-corrected chi connectivity index (χ2v) is 8.25. The van der Waals surface area contributed by atoms with E-state index in [1.165, 1.54) is 5.56 Å². The maximum Gasteiger partial charge on any atom is 0.234 e. The second kappa shape index (κ2) is 8.27. The summed E-state index contributed by atoms with van der Waals surface area (Å²) in [6, 6.07) is 8.53. The molecule has 0 aromatic heterocycles. The molecule has 128 valence electrons. The first-order valence-electron chi connectivity index (χ1n) is 8.32. The Balaban J connectivity index is 1.80. The van der Waals surface area contributed by atoms with Gasteiger partial charge < -0.3 is 5.32 Å². The van der Waals surface area contributed by atoms with Gasteiger partial charge in [-0.05, 0) is 58.0 Å². The standard InChI is InChI=1S/C18H28BrN3O/c1-18(2,3)20-17(23)14-22-10-4-9-21(11-12-22)13-15-5-7-16(19)8-6-15/h5-8H,4,9-14H2,1-3H3,(H,20,23). The molecule has 0 bridgehead atoms. The number of halogens is 1. The number of hydrogen-bond donors (Lipinski definition) is 1. The summed E-state index contributed by atoms with van der Waals surface area (Å²) >= 11 is 3.48. The average molecular weight is 382 g/mol. The van der Waals surface area contributed by atoms with Gasteiger partial charge in [0, 0.05) is 29.6 Å². The molecule has 0 atom stereocenters. The Morgan fingerprint density at radius 1 is 1.09 bits per heavy atom. The number of nitrogens with zero attached hydrogens (tertiary/aromatic N) is 2. The first-order valence-corrected chi connectivity index (χ1v) is 9.11. The van der Waals surface area contributed by atoms with Gasteiger partial charge in [-0.3, -0.25) is 14.6 Å². The van der Waals surface area contributed by atoms with E-state index in [1.807, 2.05) is 20.8 Å². The third-order valence-electron chi connectivity index (χ3n) is 3.88. The normalized spacial score (nSPS) is 17.7. The molecule has 0 saturated carbocycles. The van der Waals surface area contributed by atoms with Crippen molar-refractivity contribution in [3.8, 4) is 0 Å². The molecule has 23 heavy (non-hydrogen) atoms. The summed E-state index contributed by atoms with van der Waals surface area (Å²) in [7, 11) is 0. The van der Waals surface area contributed by atoms with Gasteiger partial charge in [-0.25, -0.2) is 0 Å². The van der Waals surface area contributed by atoms with E-state index >= 15 is 0 Å². The van der Waals surface area contributed by atoms with Crippen LogP contribution in [0.3, 0.4) is 0 Å². The molecule has 2 rings (SSSR count). The molecule has 1 aromatic carbocycles. The third kappa shape index (κ3) is 7.02. The summed E-state index contributed by atoms with van der Waals surface area (Å²) in [6.45, 7) is 11.6. The highest BCUT2D eigenvalue weighted by molar-refractivity contribution is 9.10. The van der Waals surface area contributed by atoms with Crippen molar-refractivity contribution in [2.24, 2.45) is 0 Å². The summed E-state index contributed by atoms with van der Waals surface area (Å²) in [4.78, 5) is 16.8. The Morgan fingerprint density at radius 3 is 2.35 bits per heavy atom. The molecule has 1 aromatic rings. The minimum atomic E-state index is -0.156. The molecule has 0 aliphatic carbocycles. The highest BCUT2D eigenvalue weighted by Crippen LogP contribution is 2.13. The molecule has 4 nitrogen and oxygen atoms in total. The van der Waals surface area contributed by atoms with Crippen molar-refractivity contribution < 1.29 is 4.79 Å². The molecule has 0 radical (unpaired) electrons. The summed E-state index contributed by atoms with van der Waals surface area (Å²) < 4.78 is 1.12. The van der Waals surface area contributed by atoms with E-state index < -0.39 is 0 Å². The molecular formula is C18H28BrN3O. The molecule has 0 spiro atoms. The number of hydrogen-bond acceptors (Lipinski definition) is 3. The van der Waals surface area contributed by atoms with Crippen LogP contribution in [0.5, 0.6) is 0 Å². The van der Waals surface area contributed by atoms with Crippen LogP contribution in [-0.2, 0) is 11.3 Å². The van der Waals surface area contributed by atoms with Gasteiger partial charge in [-0.15, -0.1) is 0 Å².